The van der Waals surface area contributed by atoms with Crippen LogP contribution in [-0.4, -0.2) is 18.2 Å². The standard InChI is InChI=1S/C17H16O3/c1-12(13-6-4-3-5-7-13)16-11-15(20-2)9-8-14(16)10-17(18)19/h3-9,11H,1,10H2,2H3,(H,18,19). The molecule has 0 aliphatic carbocycles. The third-order valence-corrected chi connectivity index (χ3v) is 3.11. The van der Waals surface area contributed by atoms with Crippen LogP contribution in [0.2, 0.25) is 0 Å². The summed E-state index contributed by atoms with van der Waals surface area (Å²) in [5.74, 6) is -0.177. The molecule has 0 aromatic heterocycles. The van der Waals surface area contributed by atoms with E-state index in [-0.39, 0.29) is 6.42 Å². The minimum absolute atomic E-state index is 0.0365. The van der Waals surface area contributed by atoms with Gasteiger partial charge < -0.3 is 9.84 Å². The number of rotatable bonds is 5. The molecule has 0 aliphatic heterocycles. The highest BCUT2D eigenvalue weighted by molar-refractivity contribution is 5.83. The van der Waals surface area contributed by atoms with Crippen molar-refractivity contribution in [3.8, 4) is 5.75 Å². The van der Waals surface area contributed by atoms with E-state index in [0.717, 1.165) is 22.3 Å². The summed E-state index contributed by atoms with van der Waals surface area (Å²) in [5, 5.41) is 9.01. The van der Waals surface area contributed by atoms with E-state index in [1.807, 2.05) is 36.4 Å². The fraction of sp³-hybridized carbons (Fsp3) is 0.118. The first kappa shape index (κ1) is 13.9. The Morgan fingerprint density at radius 2 is 1.90 bits per heavy atom. The van der Waals surface area contributed by atoms with Crippen molar-refractivity contribution in [1.82, 2.24) is 0 Å². The van der Waals surface area contributed by atoms with Crippen LogP contribution >= 0.6 is 0 Å². The minimum atomic E-state index is -0.864. The average molecular weight is 268 g/mol. The zero-order chi connectivity index (χ0) is 14.5. The van der Waals surface area contributed by atoms with Crippen molar-refractivity contribution in [2.24, 2.45) is 0 Å². The number of carboxylic acid groups (broad SMARTS) is 1. The number of carboxylic acids is 1. The Bertz CT molecular complexity index is 630. The van der Waals surface area contributed by atoms with Crippen LogP contribution in [0.25, 0.3) is 5.57 Å². The van der Waals surface area contributed by atoms with Gasteiger partial charge in [-0.05, 0) is 34.4 Å². The highest BCUT2D eigenvalue weighted by Gasteiger charge is 2.12. The topological polar surface area (TPSA) is 46.5 Å². The number of hydrogen-bond donors (Lipinski definition) is 1. The van der Waals surface area contributed by atoms with Crippen LogP contribution < -0.4 is 4.74 Å². The SMILES string of the molecule is C=C(c1ccccc1)c1cc(OC)ccc1CC(=O)O. The maximum absolute atomic E-state index is 11.0. The second-order valence-corrected chi connectivity index (χ2v) is 4.44. The predicted molar refractivity (Wildman–Crippen MR) is 78.9 cm³/mol. The number of methoxy groups -OCH3 is 1. The predicted octanol–water partition coefficient (Wildman–Crippen LogP) is 3.38. The third-order valence-electron chi connectivity index (χ3n) is 3.11. The van der Waals surface area contributed by atoms with Gasteiger partial charge in [0.25, 0.3) is 0 Å². The Morgan fingerprint density at radius 1 is 1.20 bits per heavy atom. The molecule has 0 atom stereocenters. The molecule has 0 saturated heterocycles. The lowest BCUT2D eigenvalue weighted by molar-refractivity contribution is -0.136. The van der Waals surface area contributed by atoms with Gasteiger partial charge in [0.05, 0.1) is 13.5 Å². The first-order valence-electron chi connectivity index (χ1n) is 6.25. The van der Waals surface area contributed by atoms with Crippen LogP contribution in [0.3, 0.4) is 0 Å². The monoisotopic (exact) mass is 268 g/mol. The van der Waals surface area contributed by atoms with Crippen LogP contribution in [0.1, 0.15) is 16.7 Å². The van der Waals surface area contributed by atoms with Gasteiger partial charge in [-0.1, -0.05) is 43.0 Å². The van der Waals surface area contributed by atoms with Gasteiger partial charge in [0.1, 0.15) is 5.75 Å². The van der Waals surface area contributed by atoms with Crippen LogP contribution in [0.4, 0.5) is 0 Å². The van der Waals surface area contributed by atoms with E-state index in [1.165, 1.54) is 0 Å². The van der Waals surface area contributed by atoms with Crippen LogP contribution in [-0.2, 0) is 11.2 Å². The lowest BCUT2D eigenvalue weighted by Gasteiger charge is -2.13. The average Bonchev–Trinajstić information content (AvgIpc) is 2.47. The smallest absolute Gasteiger partial charge is 0.307 e. The zero-order valence-corrected chi connectivity index (χ0v) is 11.3. The van der Waals surface area contributed by atoms with Crippen molar-refractivity contribution in [2.45, 2.75) is 6.42 Å². The molecular weight excluding hydrogens is 252 g/mol. The number of hydrogen-bond acceptors (Lipinski definition) is 2. The van der Waals surface area contributed by atoms with Gasteiger partial charge in [-0.3, -0.25) is 4.79 Å². The molecule has 0 amide bonds. The minimum Gasteiger partial charge on any atom is -0.497 e. The molecule has 3 heteroatoms. The number of benzene rings is 2. The van der Waals surface area contributed by atoms with E-state index in [1.54, 1.807) is 19.2 Å². The van der Waals surface area contributed by atoms with Crippen molar-refractivity contribution >= 4 is 11.5 Å². The summed E-state index contributed by atoms with van der Waals surface area (Å²) in [6.45, 7) is 4.09. The van der Waals surface area contributed by atoms with Crippen molar-refractivity contribution in [1.29, 1.82) is 0 Å². The molecule has 3 nitrogen and oxygen atoms in total. The normalized spacial score (nSPS) is 10.1. The summed E-state index contributed by atoms with van der Waals surface area (Å²) in [6.07, 6.45) is -0.0365. The van der Waals surface area contributed by atoms with E-state index < -0.39 is 5.97 Å². The Labute approximate surface area is 118 Å². The molecule has 102 valence electrons. The lowest BCUT2D eigenvalue weighted by Crippen LogP contribution is -2.04. The van der Waals surface area contributed by atoms with Crippen molar-refractivity contribution < 1.29 is 14.6 Å². The van der Waals surface area contributed by atoms with Gasteiger partial charge in [0, 0.05) is 0 Å². The molecule has 0 radical (unpaired) electrons. The summed E-state index contributed by atoms with van der Waals surface area (Å²) in [6, 6.07) is 15.1. The Hall–Kier alpha value is -2.55. The van der Waals surface area contributed by atoms with Crippen molar-refractivity contribution in [3.05, 3.63) is 71.8 Å². The Morgan fingerprint density at radius 3 is 2.50 bits per heavy atom. The van der Waals surface area contributed by atoms with Gasteiger partial charge in [0.15, 0.2) is 0 Å². The molecule has 0 aliphatic rings. The van der Waals surface area contributed by atoms with Gasteiger partial charge in [0.2, 0.25) is 0 Å². The van der Waals surface area contributed by atoms with Gasteiger partial charge >= 0.3 is 5.97 Å². The quantitative estimate of drug-likeness (QED) is 0.904. The maximum atomic E-state index is 11.0. The summed E-state index contributed by atoms with van der Waals surface area (Å²) in [5.41, 5.74) is 3.29. The van der Waals surface area contributed by atoms with Crippen LogP contribution in [0.5, 0.6) is 5.75 Å². The van der Waals surface area contributed by atoms with E-state index in [4.69, 9.17) is 9.84 Å². The number of ether oxygens (including phenoxy) is 1. The second-order valence-electron chi connectivity index (χ2n) is 4.44. The maximum Gasteiger partial charge on any atom is 0.307 e. The van der Waals surface area contributed by atoms with E-state index >= 15 is 0 Å². The third kappa shape index (κ3) is 3.06. The fourth-order valence-corrected chi connectivity index (χ4v) is 2.08. The highest BCUT2D eigenvalue weighted by atomic mass is 16.5. The molecule has 0 saturated carbocycles. The van der Waals surface area contributed by atoms with Crippen molar-refractivity contribution in [2.75, 3.05) is 7.11 Å². The van der Waals surface area contributed by atoms with Gasteiger partial charge in [-0.2, -0.15) is 0 Å². The van der Waals surface area contributed by atoms with Gasteiger partial charge in [-0.25, -0.2) is 0 Å². The first-order chi connectivity index (χ1) is 9.61. The summed E-state index contributed by atoms with van der Waals surface area (Å²) in [7, 11) is 1.58. The fourth-order valence-electron chi connectivity index (χ4n) is 2.08. The number of carbonyl (C=O) groups is 1. The summed E-state index contributed by atoms with van der Waals surface area (Å²) in [4.78, 5) is 11.0. The number of aliphatic carboxylic acids is 1. The van der Waals surface area contributed by atoms with Crippen LogP contribution in [0, 0.1) is 0 Å². The Kier molecular flexibility index (Phi) is 4.20. The zero-order valence-electron chi connectivity index (χ0n) is 11.3. The largest absolute Gasteiger partial charge is 0.497 e. The van der Waals surface area contributed by atoms with Gasteiger partial charge in [-0.15, -0.1) is 0 Å². The second kappa shape index (κ2) is 6.06. The van der Waals surface area contributed by atoms with E-state index in [0.29, 0.717) is 5.75 Å². The first-order valence-corrected chi connectivity index (χ1v) is 6.25. The molecule has 1 N–H and O–H groups in total. The van der Waals surface area contributed by atoms with E-state index in [2.05, 4.69) is 6.58 Å². The Balaban J connectivity index is 2.47. The molecule has 0 unspecified atom stereocenters. The molecule has 0 heterocycles. The molecule has 0 spiro atoms. The van der Waals surface area contributed by atoms with Crippen molar-refractivity contribution in [3.63, 3.8) is 0 Å². The van der Waals surface area contributed by atoms with Crippen LogP contribution in [0.15, 0.2) is 55.1 Å². The molecule has 0 bridgehead atoms. The molecule has 2 rings (SSSR count). The molecular formula is C17H16O3. The molecule has 2 aromatic carbocycles. The summed E-state index contributed by atoms with van der Waals surface area (Å²) >= 11 is 0. The lowest BCUT2D eigenvalue weighted by atomic mass is 9.93. The van der Waals surface area contributed by atoms with E-state index in [9.17, 15) is 4.79 Å². The molecule has 2 aromatic rings. The molecule has 0 fully saturated rings. The molecule has 20 heavy (non-hydrogen) atoms. The highest BCUT2D eigenvalue weighted by Crippen LogP contribution is 2.28. The summed E-state index contributed by atoms with van der Waals surface area (Å²) < 4.78 is 5.21.